The van der Waals surface area contributed by atoms with Crippen molar-refractivity contribution in [3.63, 3.8) is 0 Å². The second-order valence-electron chi connectivity index (χ2n) is 7.14. The van der Waals surface area contributed by atoms with E-state index in [1.165, 1.54) is 11.1 Å². The van der Waals surface area contributed by atoms with Gasteiger partial charge < -0.3 is 19.7 Å². The van der Waals surface area contributed by atoms with E-state index in [1.807, 2.05) is 0 Å². The standard InChI is InChI=1S/C19H29N3O2.HI/c1-4-20-18(21-12-19(3)13-23-14-19)22-9-10-24-17(11-22)16-8-6-5-7-15(16)2;/h5-8,17H,4,9-14H2,1-3H3,(H,20,21);1H. The van der Waals surface area contributed by atoms with Crippen LogP contribution < -0.4 is 5.32 Å². The topological polar surface area (TPSA) is 46.1 Å². The highest BCUT2D eigenvalue weighted by Gasteiger charge is 2.33. The quantitative estimate of drug-likeness (QED) is 0.428. The lowest BCUT2D eigenvalue weighted by molar-refractivity contribution is -0.0947. The molecule has 6 heteroatoms. The molecule has 1 unspecified atom stereocenters. The summed E-state index contributed by atoms with van der Waals surface area (Å²) in [5.74, 6) is 0.993. The van der Waals surface area contributed by atoms with Gasteiger partial charge in [-0.05, 0) is 25.0 Å². The predicted octanol–water partition coefficient (Wildman–Crippen LogP) is 2.99. The molecule has 1 aromatic carbocycles. The van der Waals surface area contributed by atoms with Crippen LogP contribution in [0.2, 0.25) is 0 Å². The van der Waals surface area contributed by atoms with Gasteiger partial charge in [-0.1, -0.05) is 31.2 Å². The lowest BCUT2D eigenvalue weighted by Crippen LogP contribution is -2.49. The first kappa shape index (κ1) is 20.5. The first-order valence-corrected chi connectivity index (χ1v) is 8.89. The van der Waals surface area contributed by atoms with E-state index in [0.29, 0.717) is 0 Å². The molecular formula is C19H30IN3O2. The van der Waals surface area contributed by atoms with E-state index in [4.69, 9.17) is 14.5 Å². The lowest BCUT2D eigenvalue weighted by atomic mass is 9.89. The number of rotatable bonds is 4. The summed E-state index contributed by atoms with van der Waals surface area (Å²) >= 11 is 0. The van der Waals surface area contributed by atoms with Crippen molar-refractivity contribution in [3.05, 3.63) is 35.4 Å². The van der Waals surface area contributed by atoms with Crippen LogP contribution in [0.15, 0.2) is 29.3 Å². The van der Waals surface area contributed by atoms with E-state index in [0.717, 1.165) is 52.0 Å². The van der Waals surface area contributed by atoms with Crippen molar-refractivity contribution in [1.29, 1.82) is 0 Å². The molecule has 2 aliphatic heterocycles. The van der Waals surface area contributed by atoms with Crippen LogP contribution in [-0.4, -0.2) is 56.9 Å². The fraction of sp³-hybridized carbons (Fsp3) is 0.632. The summed E-state index contributed by atoms with van der Waals surface area (Å²) < 4.78 is 11.4. The Labute approximate surface area is 168 Å². The van der Waals surface area contributed by atoms with Crippen molar-refractivity contribution in [2.24, 2.45) is 10.4 Å². The number of benzene rings is 1. The van der Waals surface area contributed by atoms with Crippen LogP contribution >= 0.6 is 24.0 Å². The van der Waals surface area contributed by atoms with Gasteiger partial charge >= 0.3 is 0 Å². The molecule has 2 heterocycles. The maximum Gasteiger partial charge on any atom is 0.194 e. The number of aliphatic imine (C=N–C) groups is 1. The van der Waals surface area contributed by atoms with Crippen LogP contribution in [0, 0.1) is 12.3 Å². The van der Waals surface area contributed by atoms with Crippen LogP contribution in [-0.2, 0) is 9.47 Å². The molecule has 0 spiro atoms. The van der Waals surface area contributed by atoms with Gasteiger partial charge in [0.2, 0.25) is 0 Å². The van der Waals surface area contributed by atoms with Crippen molar-refractivity contribution in [2.45, 2.75) is 26.9 Å². The Hall–Kier alpha value is -0.860. The van der Waals surface area contributed by atoms with Crippen molar-refractivity contribution in [3.8, 4) is 0 Å². The summed E-state index contributed by atoms with van der Waals surface area (Å²) in [5.41, 5.74) is 2.75. The predicted molar refractivity (Wildman–Crippen MR) is 112 cm³/mol. The van der Waals surface area contributed by atoms with Gasteiger partial charge in [0.1, 0.15) is 6.10 Å². The van der Waals surface area contributed by atoms with Crippen LogP contribution in [0.4, 0.5) is 0 Å². The Kier molecular flexibility index (Phi) is 7.51. The first-order valence-electron chi connectivity index (χ1n) is 8.89. The second-order valence-corrected chi connectivity index (χ2v) is 7.14. The second kappa shape index (κ2) is 9.19. The van der Waals surface area contributed by atoms with E-state index in [2.05, 4.69) is 55.3 Å². The molecule has 0 radical (unpaired) electrons. The summed E-state index contributed by atoms with van der Waals surface area (Å²) in [7, 11) is 0. The number of aryl methyl sites for hydroxylation is 1. The fourth-order valence-electron chi connectivity index (χ4n) is 3.21. The summed E-state index contributed by atoms with van der Waals surface area (Å²) in [5, 5.41) is 3.44. The normalized spacial score (nSPS) is 22.8. The van der Waals surface area contributed by atoms with Gasteiger partial charge in [0, 0.05) is 18.5 Å². The third-order valence-electron chi connectivity index (χ3n) is 4.75. The smallest absolute Gasteiger partial charge is 0.194 e. The molecule has 2 saturated heterocycles. The Bertz CT molecular complexity index is 590. The molecule has 140 valence electrons. The average Bonchev–Trinajstić information content (AvgIpc) is 2.57. The molecule has 0 saturated carbocycles. The van der Waals surface area contributed by atoms with Gasteiger partial charge in [0.05, 0.1) is 32.9 Å². The Morgan fingerprint density at radius 3 is 2.76 bits per heavy atom. The van der Waals surface area contributed by atoms with E-state index < -0.39 is 0 Å². The maximum absolute atomic E-state index is 6.04. The van der Waals surface area contributed by atoms with E-state index >= 15 is 0 Å². The highest BCUT2D eigenvalue weighted by Crippen LogP contribution is 2.27. The summed E-state index contributed by atoms with van der Waals surface area (Å²) in [4.78, 5) is 7.20. The average molecular weight is 459 g/mol. The molecule has 2 fully saturated rings. The molecular weight excluding hydrogens is 429 g/mol. The van der Waals surface area contributed by atoms with E-state index in [-0.39, 0.29) is 35.5 Å². The molecule has 0 amide bonds. The number of ether oxygens (including phenoxy) is 2. The Morgan fingerprint density at radius 1 is 1.36 bits per heavy atom. The molecule has 5 nitrogen and oxygen atoms in total. The highest BCUT2D eigenvalue weighted by molar-refractivity contribution is 14.0. The summed E-state index contributed by atoms with van der Waals surface area (Å²) in [6.45, 7) is 12.2. The highest BCUT2D eigenvalue weighted by atomic mass is 127. The minimum absolute atomic E-state index is 0. The maximum atomic E-state index is 6.04. The van der Waals surface area contributed by atoms with E-state index in [9.17, 15) is 0 Å². The molecule has 1 aromatic rings. The summed E-state index contributed by atoms with van der Waals surface area (Å²) in [6, 6.07) is 8.47. The number of nitrogens with zero attached hydrogens (tertiary/aromatic N) is 2. The van der Waals surface area contributed by atoms with Crippen LogP contribution in [0.3, 0.4) is 0 Å². The van der Waals surface area contributed by atoms with Crippen molar-refractivity contribution in [1.82, 2.24) is 10.2 Å². The fourth-order valence-corrected chi connectivity index (χ4v) is 3.21. The van der Waals surface area contributed by atoms with Crippen molar-refractivity contribution < 1.29 is 9.47 Å². The number of nitrogens with one attached hydrogen (secondary N) is 1. The number of hydrogen-bond acceptors (Lipinski definition) is 3. The number of morpholine rings is 1. The molecule has 2 aliphatic rings. The lowest BCUT2D eigenvalue weighted by Gasteiger charge is -2.38. The first-order chi connectivity index (χ1) is 11.6. The number of guanidine groups is 1. The largest absolute Gasteiger partial charge is 0.380 e. The molecule has 25 heavy (non-hydrogen) atoms. The number of halogens is 1. The van der Waals surface area contributed by atoms with Crippen molar-refractivity contribution in [2.75, 3.05) is 46.0 Å². The zero-order valence-corrected chi connectivity index (χ0v) is 17.8. The van der Waals surface area contributed by atoms with Gasteiger partial charge in [0.25, 0.3) is 0 Å². The zero-order chi connectivity index (χ0) is 17.0. The number of hydrogen-bond donors (Lipinski definition) is 1. The SMILES string of the molecule is CCNC(=NCC1(C)COC1)N1CCOC(c2ccccc2C)C1.I. The summed E-state index contributed by atoms with van der Waals surface area (Å²) in [6.07, 6.45) is 0.103. The zero-order valence-electron chi connectivity index (χ0n) is 15.5. The van der Waals surface area contributed by atoms with Gasteiger partial charge in [-0.3, -0.25) is 4.99 Å². The minimum atomic E-state index is 0. The molecule has 1 N–H and O–H groups in total. The third kappa shape index (κ3) is 5.08. The van der Waals surface area contributed by atoms with Gasteiger partial charge in [0.15, 0.2) is 5.96 Å². The van der Waals surface area contributed by atoms with Gasteiger partial charge in [-0.25, -0.2) is 0 Å². The molecule has 0 aliphatic carbocycles. The molecule has 0 aromatic heterocycles. The van der Waals surface area contributed by atoms with Crippen LogP contribution in [0.5, 0.6) is 0 Å². The minimum Gasteiger partial charge on any atom is -0.380 e. The monoisotopic (exact) mass is 459 g/mol. The Morgan fingerprint density at radius 2 is 2.12 bits per heavy atom. The van der Waals surface area contributed by atoms with E-state index in [1.54, 1.807) is 0 Å². The molecule has 0 bridgehead atoms. The third-order valence-corrected chi connectivity index (χ3v) is 4.75. The van der Waals surface area contributed by atoms with Crippen LogP contribution in [0.1, 0.15) is 31.1 Å². The van der Waals surface area contributed by atoms with Crippen molar-refractivity contribution >= 4 is 29.9 Å². The Balaban J connectivity index is 0.00000225. The van der Waals surface area contributed by atoms with Gasteiger partial charge in [-0.2, -0.15) is 0 Å². The molecule has 1 atom stereocenters. The van der Waals surface area contributed by atoms with Gasteiger partial charge in [-0.15, -0.1) is 24.0 Å². The molecule has 3 rings (SSSR count). The van der Waals surface area contributed by atoms with Crippen LogP contribution in [0.25, 0.3) is 0 Å².